The number of aryl methyl sites for hydroxylation is 2. The topological polar surface area (TPSA) is 25.8 Å². The summed E-state index contributed by atoms with van der Waals surface area (Å²) in [5.74, 6) is 0.591. The molecular weight excluding hydrogens is 403 g/mol. The van der Waals surface area contributed by atoms with Crippen molar-refractivity contribution in [2.75, 3.05) is 0 Å². The molecule has 4 rings (SSSR count). The van der Waals surface area contributed by atoms with Crippen molar-refractivity contribution in [2.24, 2.45) is 0 Å². The number of fused-ring (bicyclic) bond motifs is 1. The molecule has 0 atom stereocenters. The molecule has 0 amide bonds. The molecular formula is C27H27FN2S. The second-order valence-electron chi connectivity index (χ2n) is 9.03. The van der Waals surface area contributed by atoms with E-state index in [1.54, 1.807) is 23.9 Å². The Hall–Kier alpha value is -2.72. The minimum atomic E-state index is -0.253. The molecule has 158 valence electrons. The lowest BCUT2D eigenvalue weighted by molar-refractivity contribution is 0.589. The zero-order valence-electron chi connectivity index (χ0n) is 18.7. The molecule has 0 aliphatic heterocycles. The lowest BCUT2D eigenvalue weighted by Gasteiger charge is -2.22. The number of rotatable bonds is 4. The molecule has 0 saturated heterocycles. The van der Waals surface area contributed by atoms with E-state index in [0.717, 1.165) is 32.8 Å². The van der Waals surface area contributed by atoms with Gasteiger partial charge in [-0.1, -0.05) is 68.9 Å². The molecule has 0 aliphatic rings. The second kappa shape index (κ2) is 8.43. The van der Waals surface area contributed by atoms with E-state index < -0.39 is 0 Å². The van der Waals surface area contributed by atoms with Crippen molar-refractivity contribution >= 4 is 22.5 Å². The van der Waals surface area contributed by atoms with Crippen LogP contribution in [0, 0.1) is 19.7 Å². The van der Waals surface area contributed by atoms with Crippen LogP contribution < -0.4 is 0 Å². The van der Waals surface area contributed by atoms with E-state index in [1.165, 1.54) is 34.4 Å². The van der Waals surface area contributed by atoms with E-state index in [4.69, 9.17) is 0 Å². The lowest BCUT2D eigenvalue weighted by Crippen LogP contribution is -2.12. The summed E-state index contributed by atoms with van der Waals surface area (Å²) < 4.78 is 13.4. The van der Waals surface area contributed by atoms with Gasteiger partial charge in [0.2, 0.25) is 0 Å². The van der Waals surface area contributed by atoms with Crippen LogP contribution in [0.3, 0.4) is 0 Å². The van der Waals surface area contributed by atoms with Gasteiger partial charge in [-0.2, -0.15) is 0 Å². The quantitative estimate of drug-likeness (QED) is 0.311. The standard InChI is InChI=1S/C27H27FN2S/c1-17-14-20(27(3,4)5)15-18(2)24(17)16-31-26-23-9-7-6-8-22(23)25(29-30-26)19-10-12-21(28)13-11-19/h6-15H,16H2,1-5H3. The first kappa shape index (κ1) is 21.5. The summed E-state index contributed by atoms with van der Waals surface area (Å²) in [6.07, 6.45) is 0. The molecule has 4 aromatic rings. The fourth-order valence-electron chi connectivity index (χ4n) is 3.80. The predicted molar refractivity (Wildman–Crippen MR) is 129 cm³/mol. The van der Waals surface area contributed by atoms with Gasteiger partial charge in [-0.3, -0.25) is 0 Å². The Balaban J connectivity index is 1.68. The van der Waals surface area contributed by atoms with E-state index in [0.29, 0.717) is 0 Å². The highest BCUT2D eigenvalue weighted by atomic mass is 32.2. The van der Waals surface area contributed by atoms with E-state index in [9.17, 15) is 4.39 Å². The fraction of sp³-hybridized carbons (Fsp3) is 0.259. The number of aromatic nitrogens is 2. The van der Waals surface area contributed by atoms with E-state index in [-0.39, 0.29) is 11.2 Å². The van der Waals surface area contributed by atoms with Crippen LogP contribution in [0.4, 0.5) is 4.39 Å². The average Bonchev–Trinajstić information content (AvgIpc) is 2.73. The third-order valence-electron chi connectivity index (χ3n) is 5.69. The van der Waals surface area contributed by atoms with Gasteiger partial charge in [0.1, 0.15) is 16.5 Å². The molecule has 0 spiro atoms. The van der Waals surface area contributed by atoms with Gasteiger partial charge < -0.3 is 0 Å². The Morgan fingerprint density at radius 1 is 0.839 bits per heavy atom. The van der Waals surface area contributed by atoms with Gasteiger partial charge in [0.15, 0.2) is 0 Å². The molecule has 0 saturated carbocycles. The van der Waals surface area contributed by atoms with Crippen LogP contribution in [-0.4, -0.2) is 10.2 Å². The monoisotopic (exact) mass is 430 g/mol. The van der Waals surface area contributed by atoms with Crippen molar-refractivity contribution in [2.45, 2.75) is 50.8 Å². The van der Waals surface area contributed by atoms with Crippen LogP contribution in [0.5, 0.6) is 0 Å². The molecule has 0 unspecified atom stereocenters. The molecule has 3 aromatic carbocycles. The van der Waals surface area contributed by atoms with Gasteiger partial charge in [-0.15, -0.1) is 10.2 Å². The van der Waals surface area contributed by atoms with Gasteiger partial charge >= 0.3 is 0 Å². The first-order chi connectivity index (χ1) is 14.7. The fourth-order valence-corrected chi connectivity index (χ4v) is 4.97. The van der Waals surface area contributed by atoms with E-state index in [1.807, 2.05) is 12.1 Å². The molecule has 0 radical (unpaired) electrons. The van der Waals surface area contributed by atoms with Crippen molar-refractivity contribution in [1.29, 1.82) is 0 Å². The average molecular weight is 431 g/mol. The number of hydrogen-bond acceptors (Lipinski definition) is 3. The molecule has 2 nitrogen and oxygen atoms in total. The number of hydrogen-bond donors (Lipinski definition) is 0. The van der Waals surface area contributed by atoms with Gasteiger partial charge in [-0.05, 0) is 65.8 Å². The maximum atomic E-state index is 13.4. The molecule has 0 fully saturated rings. The van der Waals surface area contributed by atoms with E-state index >= 15 is 0 Å². The Bertz CT molecular complexity index is 1220. The summed E-state index contributed by atoms with van der Waals surface area (Å²) in [6.45, 7) is 11.1. The number of benzene rings is 3. The molecule has 0 aliphatic carbocycles. The van der Waals surface area contributed by atoms with Crippen molar-refractivity contribution in [3.8, 4) is 11.3 Å². The lowest BCUT2D eigenvalue weighted by atomic mass is 9.84. The zero-order valence-corrected chi connectivity index (χ0v) is 19.5. The van der Waals surface area contributed by atoms with Crippen LogP contribution >= 0.6 is 11.8 Å². The highest BCUT2D eigenvalue weighted by Gasteiger charge is 2.17. The Morgan fingerprint density at radius 2 is 1.45 bits per heavy atom. The maximum absolute atomic E-state index is 13.4. The Morgan fingerprint density at radius 3 is 2.06 bits per heavy atom. The van der Waals surface area contributed by atoms with Gasteiger partial charge in [0, 0.05) is 22.1 Å². The highest BCUT2D eigenvalue weighted by Crippen LogP contribution is 2.35. The Labute approximate surface area is 187 Å². The third kappa shape index (κ3) is 4.49. The second-order valence-corrected chi connectivity index (χ2v) is 10.00. The predicted octanol–water partition coefficient (Wildman–Crippen LogP) is 7.64. The summed E-state index contributed by atoms with van der Waals surface area (Å²) in [5.41, 5.74) is 7.14. The normalized spacial score (nSPS) is 11.8. The maximum Gasteiger partial charge on any atom is 0.127 e. The van der Waals surface area contributed by atoms with Crippen molar-refractivity contribution in [3.05, 3.63) is 88.7 Å². The SMILES string of the molecule is Cc1cc(C(C)(C)C)cc(C)c1CSc1nnc(-c2ccc(F)cc2)c2ccccc12. The van der Waals surface area contributed by atoms with Crippen molar-refractivity contribution < 1.29 is 4.39 Å². The van der Waals surface area contributed by atoms with Gasteiger partial charge in [0.05, 0.1) is 0 Å². The largest absolute Gasteiger partial charge is 0.207 e. The van der Waals surface area contributed by atoms with Gasteiger partial charge in [0.25, 0.3) is 0 Å². The highest BCUT2D eigenvalue weighted by molar-refractivity contribution is 7.98. The molecule has 1 heterocycles. The molecule has 0 N–H and O–H groups in total. The van der Waals surface area contributed by atoms with Crippen LogP contribution in [0.25, 0.3) is 22.0 Å². The summed E-state index contributed by atoms with van der Waals surface area (Å²) in [5, 5.41) is 12.1. The summed E-state index contributed by atoms with van der Waals surface area (Å²) >= 11 is 1.72. The molecule has 31 heavy (non-hydrogen) atoms. The van der Waals surface area contributed by atoms with Gasteiger partial charge in [-0.25, -0.2) is 4.39 Å². The third-order valence-corrected chi connectivity index (χ3v) is 6.69. The van der Waals surface area contributed by atoms with E-state index in [2.05, 4.69) is 69.1 Å². The number of halogens is 1. The van der Waals surface area contributed by atoms with Crippen LogP contribution in [0.2, 0.25) is 0 Å². The zero-order chi connectivity index (χ0) is 22.2. The number of thioether (sulfide) groups is 1. The minimum absolute atomic E-state index is 0.138. The smallest absolute Gasteiger partial charge is 0.127 e. The first-order valence-electron chi connectivity index (χ1n) is 10.5. The van der Waals surface area contributed by atoms with Crippen LogP contribution in [-0.2, 0) is 11.2 Å². The van der Waals surface area contributed by atoms with Crippen molar-refractivity contribution in [1.82, 2.24) is 10.2 Å². The van der Waals surface area contributed by atoms with Crippen molar-refractivity contribution in [3.63, 3.8) is 0 Å². The molecule has 0 bridgehead atoms. The molecule has 4 heteroatoms. The summed E-state index contributed by atoms with van der Waals surface area (Å²) in [4.78, 5) is 0. The minimum Gasteiger partial charge on any atom is -0.207 e. The summed E-state index contributed by atoms with van der Waals surface area (Å²) in [6, 6.07) is 19.2. The summed E-state index contributed by atoms with van der Waals surface area (Å²) in [7, 11) is 0. The number of nitrogens with zero attached hydrogens (tertiary/aromatic N) is 2. The molecule has 1 aromatic heterocycles. The first-order valence-corrected chi connectivity index (χ1v) is 11.5. The van der Waals surface area contributed by atoms with Crippen LogP contribution in [0.1, 0.15) is 43.0 Å². The van der Waals surface area contributed by atoms with Crippen LogP contribution in [0.15, 0.2) is 65.7 Å². The Kier molecular flexibility index (Phi) is 5.85.